The molecule has 0 N–H and O–H groups in total. The van der Waals surface area contributed by atoms with E-state index in [-0.39, 0.29) is 18.1 Å². The van der Waals surface area contributed by atoms with E-state index in [1.807, 2.05) is 6.92 Å². The number of hydrogen-bond donors (Lipinski definition) is 0. The molecule has 0 atom stereocenters. The zero-order valence-corrected chi connectivity index (χ0v) is 13.0. The summed E-state index contributed by atoms with van der Waals surface area (Å²) in [5.74, 6) is 0.0237. The normalized spacial score (nSPS) is 10.2. The van der Waals surface area contributed by atoms with E-state index < -0.39 is 5.82 Å². The van der Waals surface area contributed by atoms with E-state index in [1.54, 1.807) is 30.3 Å². The summed E-state index contributed by atoms with van der Waals surface area (Å²) < 4.78 is 24.7. The molecule has 0 fully saturated rings. The minimum Gasteiger partial charge on any atom is -0.494 e. The number of carbonyl (C=O) groups is 1. The molecule has 0 aliphatic carbocycles. The highest BCUT2D eigenvalue weighted by Crippen LogP contribution is 2.21. The molecule has 2 aromatic carbocycles. The number of ketones is 1. The molecule has 0 aliphatic heterocycles. The molecule has 0 saturated heterocycles. The number of halogens is 2. The van der Waals surface area contributed by atoms with Crippen molar-refractivity contribution in [1.29, 1.82) is 0 Å². The Kier molecular flexibility index (Phi) is 5.33. The predicted octanol–water partition coefficient (Wildman–Crippen LogP) is 4.25. The van der Waals surface area contributed by atoms with Crippen LogP contribution in [-0.4, -0.2) is 19.0 Å². The number of benzene rings is 2. The Morgan fingerprint density at radius 2 is 1.86 bits per heavy atom. The van der Waals surface area contributed by atoms with Gasteiger partial charge in [-0.2, -0.15) is 0 Å². The zero-order chi connectivity index (χ0) is 15.2. The monoisotopic (exact) mass is 352 g/mol. The summed E-state index contributed by atoms with van der Waals surface area (Å²) in [4.78, 5) is 12.0. The molecule has 110 valence electrons. The van der Waals surface area contributed by atoms with E-state index in [2.05, 4.69) is 15.9 Å². The number of Topliss-reactive ketones (excluding diaryl/α,β-unsaturated/α-hetero) is 1. The zero-order valence-electron chi connectivity index (χ0n) is 11.4. The van der Waals surface area contributed by atoms with E-state index >= 15 is 0 Å². The lowest BCUT2D eigenvalue weighted by Crippen LogP contribution is -2.12. The summed E-state index contributed by atoms with van der Waals surface area (Å²) in [6.07, 6.45) is 0. The second kappa shape index (κ2) is 7.22. The van der Waals surface area contributed by atoms with Crippen molar-refractivity contribution < 1.29 is 18.7 Å². The first-order valence-electron chi connectivity index (χ1n) is 6.44. The Morgan fingerprint density at radius 3 is 2.48 bits per heavy atom. The van der Waals surface area contributed by atoms with Crippen LogP contribution in [0.25, 0.3) is 0 Å². The fraction of sp³-hybridized carbons (Fsp3) is 0.188. The lowest BCUT2D eigenvalue weighted by atomic mass is 10.1. The van der Waals surface area contributed by atoms with E-state index in [1.165, 1.54) is 12.1 Å². The van der Waals surface area contributed by atoms with Crippen LogP contribution in [-0.2, 0) is 0 Å². The molecular formula is C16H14BrFO3. The molecule has 2 aromatic rings. The van der Waals surface area contributed by atoms with E-state index in [9.17, 15) is 9.18 Å². The molecular weight excluding hydrogens is 339 g/mol. The van der Waals surface area contributed by atoms with Crippen molar-refractivity contribution in [2.75, 3.05) is 13.2 Å². The Hall–Kier alpha value is -1.88. The van der Waals surface area contributed by atoms with Crippen LogP contribution in [0, 0.1) is 5.82 Å². The van der Waals surface area contributed by atoms with Crippen molar-refractivity contribution >= 4 is 21.7 Å². The van der Waals surface area contributed by atoms with Crippen LogP contribution in [0.5, 0.6) is 11.5 Å². The Labute approximate surface area is 130 Å². The van der Waals surface area contributed by atoms with Gasteiger partial charge in [0, 0.05) is 10.0 Å². The molecule has 0 heterocycles. The first-order chi connectivity index (χ1) is 10.1. The summed E-state index contributed by atoms with van der Waals surface area (Å²) in [6.45, 7) is 2.24. The van der Waals surface area contributed by atoms with Gasteiger partial charge < -0.3 is 9.47 Å². The molecule has 2 rings (SSSR count). The number of hydrogen-bond acceptors (Lipinski definition) is 3. The van der Waals surface area contributed by atoms with Crippen LogP contribution in [0.3, 0.4) is 0 Å². The molecule has 0 saturated carbocycles. The molecule has 0 aliphatic rings. The summed E-state index contributed by atoms with van der Waals surface area (Å²) in [7, 11) is 0. The van der Waals surface area contributed by atoms with Crippen molar-refractivity contribution in [2.45, 2.75) is 6.92 Å². The maximum atomic E-state index is 13.6. The fourth-order valence-electron chi connectivity index (χ4n) is 1.72. The summed E-state index contributed by atoms with van der Waals surface area (Å²) >= 11 is 3.16. The van der Waals surface area contributed by atoms with Crippen LogP contribution in [0.15, 0.2) is 46.9 Å². The minimum atomic E-state index is -0.510. The van der Waals surface area contributed by atoms with Gasteiger partial charge in [-0.3, -0.25) is 4.79 Å². The van der Waals surface area contributed by atoms with Gasteiger partial charge in [-0.25, -0.2) is 4.39 Å². The third-order valence-corrected chi connectivity index (χ3v) is 3.23. The lowest BCUT2D eigenvalue weighted by Gasteiger charge is -2.07. The summed E-state index contributed by atoms with van der Waals surface area (Å²) in [5.41, 5.74) is 0.496. The number of rotatable bonds is 6. The smallest absolute Gasteiger partial charge is 0.200 e. The summed E-state index contributed by atoms with van der Waals surface area (Å²) in [6, 6.07) is 11.2. The standard InChI is InChI=1S/C16H14BrFO3/c1-2-20-13-6-3-11(4-7-13)15(19)10-21-16-8-5-12(17)9-14(16)18/h3-9H,2,10H2,1H3. The first kappa shape index (κ1) is 15.5. The van der Waals surface area contributed by atoms with Crippen LogP contribution >= 0.6 is 15.9 Å². The molecule has 0 amide bonds. The highest BCUT2D eigenvalue weighted by Gasteiger charge is 2.10. The largest absolute Gasteiger partial charge is 0.494 e. The topological polar surface area (TPSA) is 35.5 Å². The molecule has 0 unspecified atom stereocenters. The second-order valence-corrected chi connectivity index (χ2v) is 5.16. The van der Waals surface area contributed by atoms with Crippen molar-refractivity contribution in [3.63, 3.8) is 0 Å². The quantitative estimate of drug-likeness (QED) is 0.729. The minimum absolute atomic E-state index is 0.0532. The fourth-order valence-corrected chi connectivity index (χ4v) is 2.06. The van der Waals surface area contributed by atoms with Crippen LogP contribution < -0.4 is 9.47 Å². The SMILES string of the molecule is CCOc1ccc(C(=O)COc2ccc(Br)cc2F)cc1. The Balaban J connectivity index is 1.98. The van der Waals surface area contributed by atoms with Gasteiger partial charge in [-0.05, 0) is 49.4 Å². The molecule has 0 aromatic heterocycles. The van der Waals surface area contributed by atoms with Gasteiger partial charge in [0.05, 0.1) is 6.61 Å². The Bertz CT molecular complexity index is 626. The van der Waals surface area contributed by atoms with Gasteiger partial charge in [-0.1, -0.05) is 15.9 Å². The van der Waals surface area contributed by atoms with Gasteiger partial charge in [0.15, 0.2) is 24.0 Å². The van der Waals surface area contributed by atoms with E-state index in [4.69, 9.17) is 9.47 Å². The van der Waals surface area contributed by atoms with Crippen molar-refractivity contribution in [3.8, 4) is 11.5 Å². The van der Waals surface area contributed by atoms with E-state index in [0.29, 0.717) is 22.4 Å². The van der Waals surface area contributed by atoms with Crippen LogP contribution in [0.2, 0.25) is 0 Å². The van der Waals surface area contributed by atoms with Gasteiger partial charge in [0.25, 0.3) is 0 Å². The van der Waals surface area contributed by atoms with Crippen molar-refractivity contribution in [3.05, 3.63) is 58.3 Å². The molecule has 0 radical (unpaired) electrons. The first-order valence-corrected chi connectivity index (χ1v) is 7.23. The number of ether oxygens (including phenoxy) is 2. The van der Waals surface area contributed by atoms with Crippen LogP contribution in [0.4, 0.5) is 4.39 Å². The maximum absolute atomic E-state index is 13.6. The molecule has 0 bridgehead atoms. The molecule has 0 spiro atoms. The number of carbonyl (C=O) groups excluding carboxylic acids is 1. The third kappa shape index (κ3) is 4.29. The molecule has 21 heavy (non-hydrogen) atoms. The maximum Gasteiger partial charge on any atom is 0.200 e. The lowest BCUT2D eigenvalue weighted by molar-refractivity contribution is 0.0918. The van der Waals surface area contributed by atoms with Gasteiger partial charge in [-0.15, -0.1) is 0 Å². The van der Waals surface area contributed by atoms with Gasteiger partial charge in [0.1, 0.15) is 5.75 Å². The Morgan fingerprint density at radius 1 is 1.14 bits per heavy atom. The van der Waals surface area contributed by atoms with Gasteiger partial charge in [0.2, 0.25) is 0 Å². The second-order valence-electron chi connectivity index (χ2n) is 4.24. The predicted molar refractivity (Wildman–Crippen MR) is 81.5 cm³/mol. The van der Waals surface area contributed by atoms with E-state index in [0.717, 1.165) is 0 Å². The van der Waals surface area contributed by atoms with Crippen molar-refractivity contribution in [1.82, 2.24) is 0 Å². The third-order valence-electron chi connectivity index (χ3n) is 2.74. The summed E-state index contributed by atoms with van der Waals surface area (Å²) in [5, 5.41) is 0. The molecule has 3 nitrogen and oxygen atoms in total. The highest BCUT2D eigenvalue weighted by molar-refractivity contribution is 9.10. The van der Waals surface area contributed by atoms with Crippen molar-refractivity contribution in [2.24, 2.45) is 0 Å². The molecule has 5 heteroatoms. The van der Waals surface area contributed by atoms with Crippen LogP contribution in [0.1, 0.15) is 17.3 Å². The average Bonchev–Trinajstić information content (AvgIpc) is 2.47. The highest BCUT2D eigenvalue weighted by atomic mass is 79.9. The average molecular weight is 353 g/mol. The van der Waals surface area contributed by atoms with Gasteiger partial charge >= 0.3 is 0 Å².